The van der Waals surface area contributed by atoms with E-state index < -0.39 is 0 Å². The van der Waals surface area contributed by atoms with Crippen LogP contribution < -0.4 is 11.3 Å². The number of rotatable bonds is 5. The number of nitrogens with one attached hydrogen (secondary N) is 1. The van der Waals surface area contributed by atoms with E-state index in [1.807, 2.05) is 55.7 Å². The molecule has 33 heavy (non-hydrogen) atoms. The van der Waals surface area contributed by atoms with Gasteiger partial charge in [-0.3, -0.25) is 14.2 Å². The summed E-state index contributed by atoms with van der Waals surface area (Å²) in [6, 6.07) is 17.6. The summed E-state index contributed by atoms with van der Waals surface area (Å²) in [4.78, 5) is 12.2. The van der Waals surface area contributed by atoms with Gasteiger partial charge in [-0.2, -0.15) is 20.6 Å². The van der Waals surface area contributed by atoms with Crippen molar-refractivity contribution in [3.63, 3.8) is 0 Å². The number of nitrogens with zero attached hydrogens (tertiary/aromatic N) is 6. The molecule has 5 rings (SSSR count). The van der Waals surface area contributed by atoms with Crippen LogP contribution in [0.1, 0.15) is 17.0 Å². The number of hydrogen-bond donors (Lipinski definition) is 2. The minimum Gasteiger partial charge on any atom is -0.325 e. The largest absolute Gasteiger partial charge is 0.325 e. The normalized spacial score (nSPS) is 11.1. The average molecular weight is 436 g/mol. The monoisotopic (exact) mass is 436 g/mol. The zero-order valence-electron chi connectivity index (χ0n) is 17.9. The molecule has 3 heterocycles. The van der Waals surface area contributed by atoms with Gasteiger partial charge in [-0.15, -0.1) is 0 Å². The third kappa shape index (κ3) is 3.58. The van der Waals surface area contributed by atoms with Crippen LogP contribution in [0.3, 0.4) is 0 Å². The number of aryl methyl sites for hydroxylation is 1. The summed E-state index contributed by atoms with van der Waals surface area (Å²) < 4.78 is 3.49. The molecule has 162 valence electrons. The number of nitriles is 1. The lowest BCUT2D eigenvalue weighted by Crippen LogP contribution is -2.13. The van der Waals surface area contributed by atoms with Crippen LogP contribution in [-0.2, 0) is 20.1 Å². The van der Waals surface area contributed by atoms with Crippen molar-refractivity contribution >= 4 is 10.8 Å². The Morgan fingerprint density at radius 2 is 1.94 bits per heavy atom. The summed E-state index contributed by atoms with van der Waals surface area (Å²) in [5.74, 6) is 0. The Kier molecular flexibility index (Phi) is 5.05. The van der Waals surface area contributed by atoms with Crippen molar-refractivity contribution in [1.82, 2.24) is 29.8 Å². The molecule has 0 atom stereocenters. The predicted molar refractivity (Wildman–Crippen MR) is 124 cm³/mol. The molecule has 0 unspecified atom stereocenters. The molecule has 0 saturated heterocycles. The van der Waals surface area contributed by atoms with Crippen molar-refractivity contribution < 1.29 is 0 Å². The van der Waals surface area contributed by atoms with Gasteiger partial charge in [0.05, 0.1) is 35.1 Å². The topological polar surface area (TPSA) is 131 Å². The fraction of sp³-hybridized carbons (Fsp3) is 0.125. The first kappa shape index (κ1) is 20.4. The summed E-state index contributed by atoms with van der Waals surface area (Å²) in [6.45, 7) is 0.744. The van der Waals surface area contributed by atoms with Gasteiger partial charge < -0.3 is 5.73 Å². The first-order chi connectivity index (χ1) is 16.1. The maximum absolute atomic E-state index is 12.2. The molecular formula is C24H20N8O. The van der Waals surface area contributed by atoms with Gasteiger partial charge >= 0.3 is 0 Å². The van der Waals surface area contributed by atoms with Crippen molar-refractivity contribution in [2.24, 2.45) is 12.8 Å². The van der Waals surface area contributed by atoms with E-state index in [9.17, 15) is 10.1 Å². The molecule has 5 aromatic rings. The lowest BCUT2D eigenvalue weighted by Gasteiger charge is -2.08. The first-order valence-corrected chi connectivity index (χ1v) is 10.3. The minimum absolute atomic E-state index is 0.196. The first-order valence-electron chi connectivity index (χ1n) is 10.3. The number of aromatic nitrogens is 6. The molecule has 0 fully saturated rings. The van der Waals surface area contributed by atoms with Gasteiger partial charge in [-0.05, 0) is 23.3 Å². The summed E-state index contributed by atoms with van der Waals surface area (Å²) >= 11 is 0. The van der Waals surface area contributed by atoms with E-state index in [0.29, 0.717) is 34.3 Å². The molecule has 0 bridgehead atoms. The number of H-pyrrole nitrogens is 1. The Balaban J connectivity index is 1.64. The third-order valence-corrected chi connectivity index (χ3v) is 5.62. The molecule has 0 aliphatic heterocycles. The van der Waals surface area contributed by atoms with E-state index in [2.05, 4.69) is 26.5 Å². The number of aromatic amines is 1. The molecule has 3 aromatic heterocycles. The zero-order chi connectivity index (χ0) is 22.9. The quantitative estimate of drug-likeness (QED) is 0.435. The fourth-order valence-corrected chi connectivity index (χ4v) is 4.04. The molecule has 9 heteroatoms. The zero-order valence-corrected chi connectivity index (χ0v) is 17.9. The van der Waals surface area contributed by atoms with Crippen molar-refractivity contribution in [3.05, 3.63) is 88.2 Å². The summed E-state index contributed by atoms with van der Waals surface area (Å²) in [6.07, 6.45) is 3.61. The average Bonchev–Trinajstić information content (AvgIpc) is 3.42. The van der Waals surface area contributed by atoms with Crippen LogP contribution in [0.15, 0.2) is 65.7 Å². The molecule has 0 radical (unpaired) electrons. The van der Waals surface area contributed by atoms with Crippen LogP contribution in [-0.4, -0.2) is 29.8 Å². The van der Waals surface area contributed by atoms with Crippen LogP contribution in [0.5, 0.6) is 0 Å². The van der Waals surface area contributed by atoms with Gasteiger partial charge in [0.25, 0.3) is 5.56 Å². The molecule has 0 aliphatic carbocycles. The number of benzene rings is 2. The molecule has 0 aliphatic rings. The lowest BCUT2D eigenvalue weighted by molar-refractivity contribution is 0.684. The van der Waals surface area contributed by atoms with E-state index in [-0.39, 0.29) is 12.1 Å². The van der Waals surface area contributed by atoms with Gasteiger partial charge in [-0.1, -0.05) is 36.4 Å². The van der Waals surface area contributed by atoms with E-state index in [0.717, 1.165) is 22.4 Å². The van der Waals surface area contributed by atoms with Crippen molar-refractivity contribution in [2.45, 2.75) is 13.1 Å². The Morgan fingerprint density at radius 1 is 1.12 bits per heavy atom. The molecule has 2 aromatic carbocycles. The Hall–Kier alpha value is -4.55. The number of fused-ring (bicyclic) bond motifs is 1. The van der Waals surface area contributed by atoms with Crippen molar-refractivity contribution in [3.8, 4) is 28.5 Å². The highest BCUT2D eigenvalue weighted by Crippen LogP contribution is 2.34. The predicted octanol–water partition coefficient (Wildman–Crippen LogP) is 2.57. The van der Waals surface area contributed by atoms with Crippen LogP contribution in [0.4, 0.5) is 0 Å². The highest BCUT2D eigenvalue weighted by Gasteiger charge is 2.20. The van der Waals surface area contributed by atoms with E-state index >= 15 is 0 Å². The van der Waals surface area contributed by atoms with Crippen LogP contribution in [0.2, 0.25) is 0 Å². The number of nitrogens with two attached hydrogens (primary N) is 1. The van der Waals surface area contributed by atoms with Crippen LogP contribution in [0.25, 0.3) is 33.2 Å². The van der Waals surface area contributed by atoms with Gasteiger partial charge in [0.15, 0.2) is 5.69 Å². The molecular weight excluding hydrogens is 416 g/mol. The standard InChI is InChI=1S/C24H20N8O/c1-31-23(20-14-32(30-22(20)11-26)13-15-5-3-2-4-6-15)19(12-27-31)16-7-8-17-18(9-16)21(10-25)28-29-24(17)33/h2-9,12,14H,10,13,25H2,1H3,(H,29,33). The van der Waals surface area contributed by atoms with Crippen LogP contribution in [0, 0.1) is 11.3 Å². The Labute approximate surface area is 188 Å². The highest BCUT2D eigenvalue weighted by molar-refractivity contribution is 5.91. The molecule has 0 amide bonds. The summed E-state index contributed by atoms with van der Waals surface area (Å²) in [7, 11) is 1.83. The Morgan fingerprint density at radius 3 is 2.70 bits per heavy atom. The highest BCUT2D eigenvalue weighted by atomic mass is 16.1. The maximum Gasteiger partial charge on any atom is 0.272 e. The van der Waals surface area contributed by atoms with E-state index in [4.69, 9.17) is 5.73 Å². The Bertz CT molecular complexity index is 1570. The van der Waals surface area contributed by atoms with Crippen molar-refractivity contribution in [1.29, 1.82) is 5.26 Å². The maximum atomic E-state index is 12.2. The van der Waals surface area contributed by atoms with Crippen LogP contribution >= 0.6 is 0 Å². The van der Waals surface area contributed by atoms with Gasteiger partial charge in [-0.25, -0.2) is 5.10 Å². The molecule has 0 saturated carbocycles. The minimum atomic E-state index is -0.269. The summed E-state index contributed by atoms with van der Waals surface area (Å²) in [5.41, 5.74) is 10.7. The van der Waals surface area contributed by atoms with Gasteiger partial charge in [0.2, 0.25) is 0 Å². The SMILES string of the molecule is Cn1ncc(-c2ccc3c(=O)[nH]nc(CN)c3c2)c1-c1cn(Cc2ccccc2)nc1C#N. The van der Waals surface area contributed by atoms with Gasteiger partial charge in [0, 0.05) is 30.7 Å². The fourth-order valence-electron chi connectivity index (χ4n) is 4.04. The lowest BCUT2D eigenvalue weighted by atomic mass is 9.99. The van der Waals surface area contributed by atoms with Gasteiger partial charge in [0.1, 0.15) is 6.07 Å². The molecule has 3 N–H and O–H groups in total. The smallest absolute Gasteiger partial charge is 0.272 e. The van der Waals surface area contributed by atoms with E-state index in [1.54, 1.807) is 21.6 Å². The number of hydrogen-bond acceptors (Lipinski definition) is 6. The van der Waals surface area contributed by atoms with Crippen molar-refractivity contribution in [2.75, 3.05) is 0 Å². The molecule has 0 spiro atoms. The second-order valence-corrected chi connectivity index (χ2v) is 7.68. The molecule has 9 nitrogen and oxygen atoms in total. The second kappa shape index (κ2) is 8.18. The second-order valence-electron chi connectivity index (χ2n) is 7.68. The van der Waals surface area contributed by atoms with E-state index in [1.165, 1.54) is 0 Å². The summed E-state index contributed by atoms with van der Waals surface area (Å²) in [5, 5.41) is 26.5. The third-order valence-electron chi connectivity index (χ3n) is 5.62.